The minimum atomic E-state index is -4.30. The third kappa shape index (κ3) is 3.38. The maximum atomic E-state index is 14.8. The van der Waals surface area contributed by atoms with E-state index in [4.69, 9.17) is 0 Å². The fraction of sp³-hybridized carbons (Fsp3) is 0.562. The van der Waals surface area contributed by atoms with Crippen LogP contribution < -0.4 is 0 Å². The topological polar surface area (TPSA) is 57.7 Å². The molecular formula is C16H17BrF4N2O3S. The summed E-state index contributed by atoms with van der Waals surface area (Å²) in [5.74, 6) is -5.07. The number of nitrogens with zero attached hydrogens (tertiary/aromatic N) is 2. The summed E-state index contributed by atoms with van der Waals surface area (Å²) in [6, 6.07) is 3.10. The monoisotopic (exact) mass is 472 g/mol. The van der Waals surface area contributed by atoms with Gasteiger partial charge in [0.1, 0.15) is 5.82 Å². The third-order valence-corrected chi connectivity index (χ3v) is 7.64. The minimum absolute atomic E-state index is 0.0608. The summed E-state index contributed by atoms with van der Waals surface area (Å²) in [4.78, 5) is 12.2. The molecule has 0 aliphatic carbocycles. The van der Waals surface area contributed by atoms with E-state index in [9.17, 15) is 30.8 Å². The molecule has 5 nitrogen and oxygen atoms in total. The summed E-state index contributed by atoms with van der Waals surface area (Å²) in [6.07, 6.45) is -1.95. The minimum Gasteiger partial charge on any atom is -0.338 e. The fourth-order valence-electron chi connectivity index (χ4n) is 3.46. The summed E-state index contributed by atoms with van der Waals surface area (Å²) in [7, 11) is -4.30. The van der Waals surface area contributed by atoms with Crippen molar-refractivity contribution in [1.82, 2.24) is 9.21 Å². The molecule has 1 atom stereocenters. The third-order valence-electron chi connectivity index (χ3n) is 5.16. The number of piperidine rings is 1. The summed E-state index contributed by atoms with van der Waals surface area (Å²) in [5.41, 5.74) is -1.56. The Hall–Kier alpha value is -1.20. The molecule has 2 aliphatic rings. The highest BCUT2D eigenvalue weighted by Gasteiger charge is 2.64. The SMILES string of the molecule is CC(F)C(=O)N1CC2(CCN(S(=O)(=O)c3ccc(Br)c(F)c3)CC2(F)F)C1. The molecule has 2 heterocycles. The van der Waals surface area contributed by atoms with Crippen LogP contribution in [0.4, 0.5) is 17.6 Å². The number of sulfonamides is 1. The lowest BCUT2D eigenvalue weighted by atomic mass is 9.69. The number of likely N-dealkylation sites (tertiary alicyclic amines) is 1. The summed E-state index contributed by atoms with van der Waals surface area (Å²) < 4.78 is 82.2. The molecule has 0 N–H and O–H groups in total. The first kappa shape index (κ1) is 20.5. The molecule has 2 aliphatic heterocycles. The summed E-state index contributed by atoms with van der Waals surface area (Å²) in [5, 5.41) is 0. The zero-order valence-corrected chi connectivity index (χ0v) is 16.7. The lowest BCUT2D eigenvalue weighted by molar-refractivity contribution is -0.217. The van der Waals surface area contributed by atoms with Crippen molar-refractivity contribution in [2.24, 2.45) is 5.41 Å². The van der Waals surface area contributed by atoms with Gasteiger partial charge in [0.2, 0.25) is 10.0 Å². The predicted octanol–water partition coefficient (Wildman–Crippen LogP) is 2.80. The highest BCUT2D eigenvalue weighted by atomic mass is 79.9. The van der Waals surface area contributed by atoms with Crippen LogP contribution in [0.3, 0.4) is 0 Å². The van der Waals surface area contributed by atoms with Crippen LogP contribution in [-0.2, 0) is 14.8 Å². The molecule has 150 valence electrons. The number of carbonyl (C=O) groups excluding carboxylic acids is 1. The van der Waals surface area contributed by atoms with Crippen LogP contribution >= 0.6 is 15.9 Å². The Labute approximate surface area is 162 Å². The Balaban J connectivity index is 1.78. The van der Waals surface area contributed by atoms with E-state index in [1.54, 1.807) is 0 Å². The second kappa shape index (κ2) is 6.70. The number of halogens is 5. The summed E-state index contributed by atoms with van der Waals surface area (Å²) >= 11 is 2.91. The molecule has 1 amide bonds. The second-order valence-electron chi connectivity index (χ2n) is 6.96. The van der Waals surface area contributed by atoms with Gasteiger partial charge in [-0.15, -0.1) is 0 Å². The molecule has 2 saturated heterocycles. The standard InChI is InChI=1S/C16H17BrF4N2O3S/c1-10(18)14(24)22-7-15(8-22)4-5-23(9-16(15,20)21)27(25,26)11-2-3-12(17)13(19)6-11/h2-3,6,10H,4-5,7-9H2,1H3. The summed E-state index contributed by atoms with van der Waals surface area (Å²) in [6.45, 7) is -0.844. The maximum absolute atomic E-state index is 14.8. The quantitative estimate of drug-likeness (QED) is 0.635. The van der Waals surface area contributed by atoms with E-state index in [1.165, 1.54) is 6.07 Å². The van der Waals surface area contributed by atoms with Gasteiger partial charge in [-0.25, -0.2) is 26.0 Å². The molecule has 1 unspecified atom stereocenters. The molecule has 0 saturated carbocycles. The van der Waals surface area contributed by atoms with E-state index in [-0.39, 0.29) is 30.5 Å². The van der Waals surface area contributed by atoms with Gasteiger partial charge < -0.3 is 4.90 Å². The van der Waals surface area contributed by atoms with Crippen LogP contribution in [0.2, 0.25) is 0 Å². The molecule has 0 aromatic heterocycles. The highest BCUT2D eigenvalue weighted by Crippen LogP contribution is 2.51. The number of rotatable bonds is 3. The first-order chi connectivity index (χ1) is 12.4. The van der Waals surface area contributed by atoms with Gasteiger partial charge in [0.25, 0.3) is 11.8 Å². The van der Waals surface area contributed by atoms with Gasteiger partial charge in [0.15, 0.2) is 6.17 Å². The van der Waals surface area contributed by atoms with Crippen molar-refractivity contribution in [1.29, 1.82) is 0 Å². The van der Waals surface area contributed by atoms with Crippen molar-refractivity contribution in [2.75, 3.05) is 26.2 Å². The molecule has 1 aromatic carbocycles. The normalized spacial score (nSPS) is 23.1. The van der Waals surface area contributed by atoms with Gasteiger partial charge in [-0.05, 0) is 47.5 Å². The fourth-order valence-corrected chi connectivity index (χ4v) is 5.16. The van der Waals surface area contributed by atoms with Crippen molar-refractivity contribution in [3.63, 3.8) is 0 Å². The molecule has 27 heavy (non-hydrogen) atoms. The van der Waals surface area contributed by atoms with Gasteiger partial charge in [-0.2, -0.15) is 4.31 Å². The van der Waals surface area contributed by atoms with Crippen molar-refractivity contribution in [2.45, 2.75) is 30.3 Å². The lowest BCUT2D eigenvalue weighted by Crippen LogP contribution is -2.71. The number of carbonyl (C=O) groups is 1. The van der Waals surface area contributed by atoms with Crippen molar-refractivity contribution in [3.05, 3.63) is 28.5 Å². The number of benzene rings is 1. The largest absolute Gasteiger partial charge is 0.338 e. The first-order valence-corrected chi connectivity index (χ1v) is 10.4. The second-order valence-corrected chi connectivity index (χ2v) is 9.75. The van der Waals surface area contributed by atoms with Crippen molar-refractivity contribution in [3.8, 4) is 0 Å². The molecule has 11 heteroatoms. The lowest BCUT2D eigenvalue weighted by Gasteiger charge is -2.57. The molecule has 2 fully saturated rings. The van der Waals surface area contributed by atoms with Gasteiger partial charge in [0.05, 0.1) is 21.3 Å². The van der Waals surface area contributed by atoms with Crippen LogP contribution in [0.15, 0.2) is 27.6 Å². The molecule has 3 rings (SSSR count). The van der Waals surface area contributed by atoms with Crippen LogP contribution in [0.5, 0.6) is 0 Å². The molecule has 0 radical (unpaired) electrons. The number of amides is 1. The molecular weight excluding hydrogens is 456 g/mol. The number of alkyl halides is 3. The maximum Gasteiger partial charge on any atom is 0.270 e. The van der Waals surface area contributed by atoms with Gasteiger partial charge in [0, 0.05) is 19.6 Å². The molecule has 0 bridgehead atoms. The van der Waals surface area contributed by atoms with E-state index < -0.39 is 50.7 Å². The number of hydrogen-bond donors (Lipinski definition) is 0. The van der Waals surface area contributed by atoms with E-state index in [0.29, 0.717) is 4.31 Å². The van der Waals surface area contributed by atoms with Crippen molar-refractivity contribution < 1.29 is 30.8 Å². The first-order valence-electron chi connectivity index (χ1n) is 8.16. The Morgan fingerprint density at radius 2 is 1.89 bits per heavy atom. The average Bonchev–Trinajstić information content (AvgIpc) is 2.53. The highest BCUT2D eigenvalue weighted by molar-refractivity contribution is 9.10. The Bertz CT molecular complexity index is 872. The molecule has 1 aromatic rings. The van der Waals surface area contributed by atoms with Crippen molar-refractivity contribution >= 4 is 31.9 Å². The van der Waals surface area contributed by atoms with Crippen LogP contribution in [-0.4, -0.2) is 61.8 Å². The van der Waals surface area contributed by atoms with Gasteiger partial charge in [-0.3, -0.25) is 4.79 Å². The van der Waals surface area contributed by atoms with Crippen LogP contribution in [0.25, 0.3) is 0 Å². The van der Waals surface area contributed by atoms with Crippen LogP contribution in [0.1, 0.15) is 13.3 Å². The van der Waals surface area contributed by atoms with Gasteiger partial charge >= 0.3 is 0 Å². The predicted molar refractivity (Wildman–Crippen MR) is 92.0 cm³/mol. The molecule has 1 spiro atoms. The Morgan fingerprint density at radius 1 is 1.26 bits per heavy atom. The van der Waals surface area contributed by atoms with E-state index in [2.05, 4.69) is 15.9 Å². The smallest absolute Gasteiger partial charge is 0.270 e. The van der Waals surface area contributed by atoms with E-state index in [1.807, 2.05) is 0 Å². The Kier molecular flexibility index (Phi) is 5.09. The van der Waals surface area contributed by atoms with Crippen LogP contribution in [0, 0.1) is 11.2 Å². The van der Waals surface area contributed by atoms with E-state index in [0.717, 1.165) is 24.0 Å². The van der Waals surface area contributed by atoms with E-state index >= 15 is 0 Å². The average molecular weight is 473 g/mol. The Morgan fingerprint density at radius 3 is 2.41 bits per heavy atom. The zero-order valence-electron chi connectivity index (χ0n) is 14.3. The number of hydrogen-bond acceptors (Lipinski definition) is 3. The van der Waals surface area contributed by atoms with Gasteiger partial charge in [-0.1, -0.05) is 0 Å². The zero-order chi connectivity index (χ0) is 20.2.